The topological polar surface area (TPSA) is 59.3 Å². The van der Waals surface area contributed by atoms with Gasteiger partial charge in [0.1, 0.15) is 5.56 Å². The lowest BCUT2D eigenvalue weighted by Gasteiger charge is -2.14. The monoisotopic (exact) mass is 291 g/mol. The van der Waals surface area contributed by atoms with Gasteiger partial charge in [0.15, 0.2) is 5.43 Å². The Balaban J connectivity index is 2.32. The van der Waals surface area contributed by atoms with Crippen LogP contribution in [0.5, 0.6) is 0 Å². The maximum atomic E-state index is 12.0. The Hall–Kier alpha value is -3.14. The zero-order chi connectivity index (χ0) is 15.5. The summed E-state index contributed by atoms with van der Waals surface area (Å²) in [5.41, 5.74) is 1.55. The number of para-hydroxylation sites is 1. The van der Waals surface area contributed by atoms with Crippen molar-refractivity contribution in [3.63, 3.8) is 0 Å². The van der Waals surface area contributed by atoms with Crippen molar-refractivity contribution < 1.29 is 9.90 Å². The molecule has 0 fully saturated rings. The number of aromatic carboxylic acids is 1. The summed E-state index contributed by atoms with van der Waals surface area (Å²) in [4.78, 5) is 23.3. The molecule has 1 aromatic heterocycles. The highest BCUT2D eigenvalue weighted by molar-refractivity contribution is 5.87. The fraction of sp³-hybridized carbons (Fsp3) is 0. The van der Waals surface area contributed by atoms with Gasteiger partial charge < -0.3 is 9.67 Å². The highest BCUT2D eigenvalue weighted by Gasteiger charge is 2.14. The molecule has 1 heterocycles. The van der Waals surface area contributed by atoms with Crippen LogP contribution >= 0.6 is 0 Å². The number of pyridine rings is 1. The van der Waals surface area contributed by atoms with Gasteiger partial charge in [-0.05, 0) is 17.7 Å². The third-order valence-corrected chi connectivity index (χ3v) is 3.39. The van der Waals surface area contributed by atoms with E-state index in [0.29, 0.717) is 5.69 Å². The third-order valence-electron chi connectivity index (χ3n) is 3.39. The van der Waals surface area contributed by atoms with E-state index in [9.17, 15) is 14.7 Å². The molecule has 3 aromatic rings. The lowest BCUT2D eigenvalue weighted by molar-refractivity contribution is 0.0695. The molecule has 0 bridgehead atoms. The number of carboxylic acids is 1. The summed E-state index contributed by atoms with van der Waals surface area (Å²) in [5, 5.41) is 9.19. The molecule has 0 saturated carbocycles. The molecule has 0 aliphatic rings. The van der Waals surface area contributed by atoms with E-state index in [1.807, 2.05) is 60.7 Å². The molecule has 0 spiro atoms. The van der Waals surface area contributed by atoms with Gasteiger partial charge in [0.2, 0.25) is 0 Å². The minimum atomic E-state index is -1.23. The van der Waals surface area contributed by atoms with Crippen molar-refractivity contribution in [3.05, 3.63) is 88.7 Å². The van der Waals surface area contributed by atoms with E-state index in [1.54, 1.807) is 4.57 Å². The zero-order valence-corrected chi connectivity index (χ0v) is 11.6. The van der Waals surface area contributed by atoms with E-state index in [0.717, 1.165) is 11.3 Å². The van der Waals surface area contributed by atoms with Gasteiger partial charge >= 0.3 is 5.97 Å². The highest BCUT2D eigenvalue weighted by Crippen LogP contribution is 2.22. The Labute approximate surface area is 126 Å². The lowest BCUT2D eigenvalue weighted by Crippen LogP contribution is -2.18. The molecule has 2 aromatic carbocycles. The van der Waals surface area contributed by atoms with E-state index < -0.39 is 11.4 Å². The number of hydrogen-bond donors (Lipinski definition) is 1. The summed E-state index contributed by atoms with van der Waals surface area (Å²) in [6, 6.07) is 20.1. The molecule has 0 aliphatic carbocycles. The molecule has 0 atom stereocenters. The van der Waals surface area contributed by atoms with E-state index in [1.165, 1.54) is 12.3 Å². The number of carbonyl (C=O) groups is 1. The van der Waals surface area contributed by atoms with Crippen LogP contribution in [-0.4, -0.2) is 15.6 Å². The second-order valence-electron chi connectivity index (χ2n) is 4.81. The molecule has 22 heavy (non-hydrogen) atoms. The van der Waals surface area contributed by atoms with Crippen molar-refractivity contribution in [3.8, 4) is 16.9 Å². The minimum Gasteiger partial charge on any atom is -0.477 e. The minimum absolute atomic E-state index is 0.247. The Morgan fingerprint density at radius 1 is 0.909 bits per heavy atom. The molecule has 0 aliphatic heterocycles. The molecule has 0 unspecified atom stereocenters. The second-order valence-corrected chi connectivity index (χ2v) is 4.81. The van der Waals surface area contributed by atoms with Crippen LogP contribution in [0, 0.1) is 0 Å². The van der Waals surface area contributed by atoms with Crippen LogP contribution in [-0.2, 0) is 0 Å². The van der Waals surface area contributed by atoms with Crippen molar-refractivity contribution in [2.45, 2.75) is 0 Å². The van der Waals surface area contributed by atoms with Gasteiger partial charge in [0.05, 0.1) is 5.69 Å². The SMILES string of the molecule is O=C(O)c1cn(-c2ccccc2)c(-c2ccccc2)cc1=O. The van der Waals surface area contributed by atoms with Gasteiger partial charge in [-0.2, -0.15) is 0 Å². The number of hydrogen-bond acceptors (Lipinski definition) is 2. The second kappa shape index (κ2) is 5.69. The summed E-state index contributed by atoms with van der Waals surface area (Å²) >= 11 is 0. The largest absolute Gasteiger partial charge is 0.477 e. The predicted molar refractivity (Wildman–Crippen MR) is 84.4 cm³/mol. The molecular weight excluding hydrogens is 278 g/mol. The molecule has 4 heteroatoms. The van der Waals surface area contributed by atoms with Gasteiger partial charge in [-0.15, -0.1) is 0 Å². The van der Waals surface area contributed by atoms with Crippen molar-refractivity contribution >= 4 is 5.97 Å². The molecule has 0 saturated heterocycles. The Morgan fingerprint density at radius 3 is 2.09 bits per heavy atom. The Bertz CT molecular complexity index is 868. The summed E-state index contributed by atoms with van der Waals surface area (Å²) < 4.78 is 1.72. The summed E-state index contributed by atoms with van der Waals surface area (Å²) in [7, 11) is 0. The van der Waals surface area contributed by atoms with Gasteiger partial charge in [-0.3, -0.25) is 4.79 Å². The first kappa shape index (κ1) is 13.8. The summed E-state index contributed by atoms with van der Waals surface area (Å²) in [6.07, 6.45) is 1.38. The maximum Gasteiger partial charge on any atom is 0.341 e. The summed E-state index contributed by atoms with van der Waals surface area (Å²) in [5.74, 6) is -1.23. The van der Waals surface area contributed by atoms with Crippen LogP contribution in [0.4, 0.5) is 0 Å². The molecule has 0 amide bonds. The first-order valence-electron chi connectivity index (χ1n) is 6.77. The Kier molecular flexibility index (Phi) is 3.58. The summed E-state index contributed by atoms with van der Waals surface area (Å²) in [6.45, 7) is 0. The van der Waals surface area contributed by atoms with Crippen molar-refractivity contribution in [1.29, 1.82) is 0 Å². The molecule has 108 valence electrons. The number of nitrogens with zero attached hydrogens (tertiary/aromatic N) is 1. The Morgan fingerprint density at radius 2 is 1.50 bits per heavy atom. The quantitative estimate of drug-likeness (QED) is 0.806. The van der Waals surface area contributed by atoms with Crippen molar-refractivity contribution in [1.82, 2.24) is 4.57 Å². The van der Waals surface area contributed by atoms with Gasteiger partial charge in [0.25, 0.3) is 0 Å². The van der Waals surface area contributed by atoms with E-state index in [4.69, 9.17) is 0 Å². The molecule has 3 rings (SSSR count). The molecule has 4 nitrogen and oxygen atoms in total. The van der Waals surface area contributed by atoms with Crippen LogP contribution in [0.3, 0.4) is 0 Å². The normalized spacial score (nSPS) is 10.4. The first-order valence-corrected chi connectivity index (χ1v) is 6.77. The number of carboxylic acid groups (broad SMARTS) is 1. The van der Waals surface area contributed by atoms with Crippen LogP contribution in [0.1, 0.15) is 10.4 Å². The van der Waals surface area contributed by atoms with Crippen molar-refractivity contribution in [2.75, 3.05) is 0 Å². The maximum absolute atomic E-state index is 12.0. The lowest BCUT2D eigenvalue weighted by atomic mass is 10.1. The van der Waals surface area contributed by atoms with Gasteiger partial charge in [0, 0.05) is 18.0 Å². The molecule has 0 radical (unpaired) electrons. The van der Waals surface area contributed by atoms with Gasteiger partial charge in [-0.25, -0.2) is 4.79 Å². The smallest absolute Gasteiger partial charge is 0.341 e. The predicted octanol–water partition coefficient (Wildman–Crippen LogP) is 3.20. The number of rotatable bonds is 3. The fourth-order valence-corrected chi connectivity index (χ4v) is 2.33. The van der Waals surface area contributed by atoms with Gasteiger partial charge in [-0.1, -0.05) is 48.5 Å². The standard InChI is InChI=1S/C18H13NO3/c20-17-11-16(13-7-3-1-4-8-13)19(12-15(17)18(21)22)14-9-5-2-6-10-14/h1-12H,(H,21,22). The van der Waals surface area contributed by atoms with Crippen molar-refractivity contribution in [2.24, 2.45) is 0 Å². The highest BCUT2D eigenvalue weighted by atomic mass is 16.4. The van der Waals surface area contributed by atoms with E-state index in [2.05, 4.69) is 0 Å². The third kappa shape index (κ3) is 2.54. The fourth-order valence-electron chi connectivity index (χ4n) is 2.33. The van der Waals surface area contributed by atoms with E-state index in [-0.39, 0.29) is 5.56 Å². The number of aromatic nitrogens is 1. The van der Waals surface area contributed by atoms with Crippen LogP contribution < -0.4 is 5.43 Å². The molecular formula is C18H13NO3. The first-order chi connectivity index (χ1) is 10.7. The zero-order valence-electron chi connectivity index (χ0n) is 11.6. The van der Waals surface area contributed by atoms with Crippen LogP contribution in [0.15, 0.2) is 77.7 Å². The average molecular weight is 291 g/mol. The van der Waals surface area contributed by atoms with E-state index >= 15 is 0 Å². The number of benzene rings is 2. The molecule has 1 N–H and O–H groups in total. The average Bonchev–Trinajstić information content (AvgIpc) is 2.56. The van der Waals surface area contributed by atoms with Crippen LogP contribution in [0.25, 0.3) is 16.9 Å². The van der Waals surface area contributed by atoms with Crippen LogP contribution in [0.2, 0.25) is 0 Å².